The average molecular weight is 266 g/mol. The molecule has 0 saturated carbocycles. The fraction of sp³-hybridized carbons (Fsp3) is 0.625. The van der Waals surface area contributed by atoms with E-state index in [-0.39, 0.29) is 0 Å². The van der Waals surface area contributed by atoms with Crippen LogP contribution in [0.5, 0.6) is 0 Å². The number of morpholine rings is 1. The molecule has 0 spiro atoms. The quantitative estimate of drug-likeness (QED) is 0.904. The van der Waals surface area contributed by atoms with E-state index in [4.69, 9.17) is 4.74 Å². The predicted octanol–water partition coefficient (Wildman–Crippen LogP) is 3.61. The summed E-state index contributed by atoms with van der Waals surface area (Å²) in [6.07, 6.45) is 0. The Kier molecular flexibility index (Phi) is 11.3. The van der Waals surface area contributed by atoms with E-state index in [1.54, 1.807) is 0 Å². The Morgan fingerprint density at radius 1 is 1.00 bits per heavy atom. The third-order valence-corrected chi connectivity index (χ3v) is 2.75. The van der Waals surface area contributed by atoms with E-state index >= 15 is 0 Å². The van der Waals surface area contributed by atoms with Gasteiger partial charge in [0, 0.05) is 32.4 Å². The van der Waals surface area contributed by atoms with Gasteiger partial charge in [-0.25, -0.2) is 0 Å². The van der Waals surface area contributed by atoms with Gasteiger partial charge in [-0.15, -0.1) is 0 Å². The lowest BCUT2D eigenvalue weighted by Gasteiger charge is -2.26. The summed E-state index contributed by atoms with van der Waals surface area (Å²) in [6, 6.07) is 8.61. The number of benzene rings is 1. The SMILES string of the molecule is CC.CC.CNc1ccc(CN2CCOCC2)cc1. The molecule has 0 aromatic heterocycles. The van der Waals surface area contributed by atoms with E-state index in [2.05, 4.69) is 34.5 Å². The molecule has 1 fully saturated rings. The molecule has 0 bridgehead atoms. The van der Waals surface area contributed by atoms with Crippen molar-refractivity contribution >= 4 is 5.69 Å². The summed E-state index contributed by atoms with van der Waals surface area (Å²) < 4.78 is 5.32. The maximum atomic E-state index is 5.32. The first-order valence-electron chi connectivity index (χ1n) is 7.45. The minimum absolute atomic E-state index is 0.870. The Labute approximate surface area is 119 Å². The van der Waals surface area contributed by atoms with Crippen LogP contribution < -0.4 is 5.32 Å². The molecular formula is C16H30N2O. The fourth-order valence-electron chi connectivity index (χ4n) is 1.79. The van der Waals surface area contributed by atoms with Gasteiger partial charge in [0.1, 0.15) is 0 Å². The minimum atomic E-state index is 0.870. The number of anilines is 1. The lowest BCUT2D eigenvalue weighted by atomic mass is 10.2. The molecule has 3 heteroatoms. The Balaban J connectivity index is 0.000000741. The predicted molar refractivity (Wildman–Crippen MR) is 84.8 cm³/mol. The van der Waals surface area contributed by atoms with E-state index in [0.717, 1.165) is 32.8 Å². The molecule has 110 valence electrons. The summed E-state index contributed by atoms with van der Waals surface area (Å²) in [5.74, 6) is 0. The number of nitrogens with zero attached hydrogens (tertiary/aromatic N) is 1. The van der Waals surface area contributed by atoms with Crippen LogP contribution in [0.25, 0.3) is 0 Å². The van der Waals surface area contributed by atoms with Crippen molar-refractivity contribution in [2.45, 2.75) is 34.2 Å². The van der Waals surface area contributed by atoms with E-state index in [9.17, 15) is 0 Å². The Morgan fingerprint density at radius 2 is 1.53 bits per heavy atom. The molecule has 3 nitrogen and oxygen atoms in total. The van der Waals surface area contributed by atoms with Gasteiger partial charge in [-0.2, -0.15) is 0 Å². The molecule has 1 aromatic carbocycles. The zero-order chi connectivity index (χ0) is 14.5. The van der Waals surface area contributed by atoms with E-state index < -0.39 is 0 Å². The number of ether oxygens (including phenoxy) is 1. The topological polar surface area (TPSA) is 24.5 Å². The molecule has 0 atom stereocenters. The maximum Gasteiger partial charge on any atom is 0.0594 e. The third-order valence-electron chi connectivity index (χ3n) is 2.75. The molecular weight excluding hydrogens is 236 g/mol. The lowest BCUT2D eigenvalue weighted by molar-refractivity contribution is 0.0342. The van der Waals surface area contributed by atoms with Crippen molar-refractivity contribution < 1.29 is 4.74 Å². The highest BCUT2D eigenvalue weighted by Crippen LogP contribution is 2.11. The van der Waals surface area contributed by atoms with Crippen molar-refractivity contribution in [1.29, 1.82) is 0 Å². The van der Waals surface area contributed by atoms with Crippen LogP contribution >= 0.6 is 0 Å². The summed E-state index contributed by atoms with van der Waals surface area (Å²) in [6.45, 7) is 12.9. The zero-order valence-corrected chi connectivity index (χ0v) is 13.2. The van der Waals surface area contributed by atoms with Crippen LogP contribution in [0.2, 0.25) is 0 Å². The molecule has 0 amide bonds. The van der Waals surface area contributed by atoms with Crippen molar-refractivity contribution in [3.8, 4) is 0 Å². The van der Waals surface area contributed by atoms with Crippen molar-refractivity contribution in [3.05, 3.63) is 29.8 Å². The minimum Gasteiger partial charge on any atom is -0.388 e. The van der Waals surface area contributed by atoms with Crippen LogP contribution in [-0.4, -0.2) is 38.3 Å². The van der Waals surface area contributed by atoms with Crippen molar-refractivity contribution in [2.75, 3.05) is 38.7 Å². The molecule has 1 heterocycles. The van der Waals surface area contributed by atoms with Crippen LogP contribution in [0.3, 0.4) is 0 Å². The molecule has 1 saturated heterocycles. The van der Waals surface area contributed by atoms with Gasteiger partial charge in [0.15, 0.2) is 0 Å². The summed E-state index contributed by atoms with van der Waals surface area (Å²) in [4.78, 5) is 2.43. The first kappa shape index (κ1) is 17.9. The van der Waals surface area contributed by atoms with Crippen LogP contribution in [0.1, 0.15) is 33.3 Å². The highest BCUT2D eigenvalue weighted by molar-refractivity contribution is 5.43. The Bertz CT molecular complexity index is 292. The maximum absolute atomic E-state index is 5.32. The van der Waals surface area contributed by atoms with E-state index in [1.165, 1.54) is 11.3 Å². The second-order valence-corrected chi connectivity index (χ2v) is 3.84. The van der Waals surface area contributed by atoms with E-state index in [1.807, 2.05) is 34.7 Å². The van der Waals surface area contributed by atoms with Crippen molar-refractivity contribution in [1.82, 2.24) is 4.90 Å². The first-order valence-corrected chi connectivity index (χ1v) is 7.45. The normalized spacial score (nSPS) is 14.6. The number of rotatable bonds is 3. The molecule has 0 radical (unpaired) electrons. The number of hydrogen-bond acceptors (Lipinski definition) is 3. The summed E-state index contributed by atoms with van der Waals surface area (Å²) in [5.41, 5.74) is 2.54. The fourth-order valence-corrected chi connectivity index (χ4v) is 1.79. The average Bonchev–Trinajstić information content (AvgIpc) is 2.53. The third kappa shape index (κ3) is 7.19. The van der Waals surface area contributed by atoms with Crippen LogP contribution in [0, 0.1) is 0 Å². The monoisotopic (exact) mass is 266 g/mol. The van der Waals surface area contributed by atoms with Crippen LogP contribution in [0.15, 0.2) is 24.3 Å². The first-order chi connectivity index (χ1) is 9.38. The van der Waals surface area contributed by atoms with Gasteiger partial charge in [0.2, 0.25) is 0 Å². The standard InChI is InChI=1S/C12H18N2O.2C2H6/c1-13-12-4-2-11(3-5-12)10-14-6-8-15-9-7-14;2*1-2/h2-5,13H,6-10H2,1H3;2*1-2H3. The van der Waals surface area contributed by atoms with Gasteiger partial charge >= 0.3 is 0 Å². The molecule has 0 unspecified atom stereocenters. The highest BCUT2D eigenvalue weighted by Gasteiger charge is 2.10. The number of hydrogen-bond donors (Lipinski definition) is 1. The second kappa shape index (κ2) is 12.0. The molecule has 0 aliphatic carbocycles. The molecule has 1 aliphatic heterocycles. The smallest absolute Gasteiger partial charge is 0.0594 e. The van der Waals surface area contributed by atoms with Gasteiger partial charge in [-0.1, -0.05) is 39.8 Å². The van der Waals surface area contributed by atoms with Crippen LogP contribution in [-0.2, 0) is 11.3 Å². The molecule has 19 heavy (non-hydrogen) atoms. The molecule has 1 N–H and O–H groups in total. The Morgan fingerprint density at radius 3 is 2.00 bits per heavy atom. The summed E-state index contributed by atoms with van der Waals surface area (Å²) in [5, 5.41) is 3.12. The molecule has 1 aromatic rings. The molecule has 1 aliphatic rings. The molecule has 2 rings (SSSR count). The highest BCUT2D eigenvalue weighted by atomic mass is 16.5. The Hall–Kier alpha value is -1.06. The zero-order valence-electron chi connectivity index (χ0n) is 13.2. The van der Waals surface area contributed by atoms with E-state index in [0.29, 0.717) is 0 Å². The van der Waals surface area contributed by atoms with Crippen LogP contribution in [0.4, 0.5) is 5.69 Å². The largest absolute Gasteiger partial charge is 0.388 e. The summed E-state index contributed by atoms with van der Waals surface area (Å²) >= 11 is 0. The van der Waals surface area contributed by atoms with Gasteiger partial charge in [-0.3, -0.25) is 4.90 Å². The second-order valence-electron chi connectivity index (χ2n) is 3.84. The summed E-state index contributed by atoms with van der Waals surface area (Å²) in [7, 11) is 1.94. The number of nitrogens with one attached hydrogen (secondary N) is 1. The van der Waals surface area contributed by atoms with Gasteiger partial charge in [0.25, 0.3) is 0 Å². The van der Waals surface area contributed by atoms with Gasteiger partial charge in [0.05, 0.1) is 13.2 Å². The van der Waals surface area contributed by atoms with Crippen molar-refractivity contribution in [3.63, 3.8) is 0 Å². The van der Waals surface area contributed by atoms with Gasteiger partial charge in [-0.05, 0) is 17.7 Å². The van der Waals surface area contributed by atoms with Crippen molar-refractivity contribution in [2.24, 2.45) is 0 Å². The van der Waals surface area contributed by atoms with Gasteiger partial charge < -0.3 is 10.1 Å². The lowest BCUT2D eigenvalue weighted by Crippen LogP contribution is -2.35.